The summed E-state index contributed by atoms with van der Waals surface area (Å²) in [5.74, 6) is -0.0899. The summed E-state index contributed by atoms with van der Waals surface area (Å²) in [4.78, 5) is 25.1. The number of nitrogens with one attached hydrogen (secondary N) is 1. The van der Waals surface area contributed by atoms with E-state index >= 15 is 0 Å². The number of fused-ring (bicyclic) bond motifs is 1. The van der Waals surface area contributed by atoms with Crippen molar-refractivity contribution in [3.05, 3.63) is 29.3 Å². The van der Waals surface area contributed by atoms with E-state index in [1.54, 1.807) is 24.1 Å². The molecule has 5 nitrogen and oxygen atoms in total. The number of nitrogens with zero attached hydrogens (tertiary/aromatic N) is 1. The topological polar surface area (TPSA) is 58.6 Å². The average Bonchev–Trinajstić information content (AvgIpc) is 2.77. The number of likely N-dealkylation sites (N-methyl/N-ethyl adjacent to an activating group) is 1. The first-order valence-electron chi connectivity index (χ1n) is 6.37. The zero-order chi connectivity index (χ0) is 13.8. The Morgan fingerprint density at radius 1 is 1.47 bits per heavy atom. The Hall–Kier alpha value is -1.88. The van der Waals surface area contributed by atoms with E-state index in [-0.39, 0.29) is 11.8 Å². The first kappa shape index (κ1) is 13.5. The second-order valence-electron chi connectivity index (χ2n) is 4.52. The normalized spacial score (nSPS) is 13.1. The second kappa shape index (κ2) is 5.84. The lowest BCUT2D eigenvalue weighted by Crippen LogP contribution is -2.30. The van der Waals surface area contributed by atoms with E-state index in [1.807, 2.05) is 13.0 Å². The Morgan fingerprint density at radius 2 is 2.26 bits per heavy atom. The molecule has 0 spiro atoms. The van der Waals surface area contributed by atoms with Crippen LogP contribution in [0.4, 0.5) is 5.69 Å². The average molecular weight is 262 g/mol. The molecule has 0 radical (unpaired) electrons. The maximum absolute atomic E-state index is 12.2. The maximum atomic E-state index is 12.2. The fourth-order valence-corrected chi connectivity index (χ4v) is 2.02. The molecule has 0 aromatic heterocycles. The van der Waals surface area contributed by atoms with Crippen LogP contribution in [0.25, 0.3) is 0 Å². The molecule has 0 atom stereocenters. The molecule has 1 heterocycles. The predicted octanol–water partition coefficient (Wildman–Crippen LogP) is 1.29. The van der Waals surface area contributed by atoms with Gasteiger partial charge in [-0.2, -0.15) is 0 Å². The first-order valence-corrected chi connectivity index (χ1v) is 6.37. The predicted molar refractivity (Wildman–Crippen MR) is 72.2 cm³/mol. The molecule has 0 saturated carbocycles. The minimum absolute atomic E-state index is 0.0238. The van der Waals surface area contributed by atoms with Crippen LogP contribution in [-0.2, 0) is 16.0 Å². The van der Waals surface area contributed by atoms with Crippen LogP contribution in [0.2, 0.25) is 0 Å². The van der Waals surface area contributed by atoms with Crippen LogP contribution in [-0.4, -0.2) is 43.5 Å². The summed E-state index contributed by atoms with van der Waals surface area (Å²) in [5, 5.41) is 2.75. The molecule has 0 saturated heterocycles. The van der Waals surface area contributed by atoms with E-state index < -0.39 is 0 Å². The van der Waals surface area contributed by atoms with E-state index in [2.05, 4.69) is 5.32 Å². The summed E-state index contributed by atoms with van der Waals surface area (Å²) in [5.41, 5.74) is 2.27. The van der Waals surface area contributed by atoms with Gasteiger partial charge in [-0.1, -0.05) is 6.07 Å². The number of benzene rings is 1. The smallest absolute Gasteiger partial charge is 0.253 e. The van der Waals surface area contributed by atoms with Gasteiger partial charge in [0, 0.05) is 31.5 Å². The molecule has 102 valence electrons. The highest BCUT2D eigenvalue weighted by Gasteiger charge is 2.20. The zero-order valence-corrected chi connectivity index (χ0v) is 11.2. The lowest BCUT2D eigenvalue weighted by Gasteiger charge is -2.17. The molecule has 0 bridgehead atoms. The highest BCUT2D eigenvalue weighted by Crippen LogP contribution is 2.24. The zero-order valence-electron chi connectivity index (χ0n) is 11.2. The van der Waals surface area contributed by atoms with Gasteiger partial charge in [-0.05, 0) is 24.6 Å². The third-order valence-corrected chi connectivity index (χ3v) is 3.10. The van der Waals surface area contributed by atoms with Gasteiger partial charge in [0.1, 0.15) is 0 Å². The van der Waals surface area contributed by atoms with Gasteiger partial charge in [-0.15, -0.1) is 0 Å². The van der Waals surface area contributed by atoms with Gasteiger partial charge in [0.15, 0.2) is 0 Å². The lowest BCUT2D eigenvalue weighted by atomic mass is 10.1. The number of carbonyl (C=O) groups is 2. The minimum Gasteiger partial charge on any atom is -0.380 e. The van der Waals surface area contributed by atoms with Crippen LogP contribution in [0, 0.1) is 0 Å². The summed E-state index contributed by atoms with van der Waals surface area (Å²) < 4.78 is 5.23. The Kier molecular flexibility index (Phi) is 4.16. The Labute approximate surface area is 112 Å². The molecule has 1 N–H and O–H groups in total. The molecule has 1 aliphatic heterocycles. The second-order valence-corrected chi connectivity index (χ2v) is 4.52. The number of hydrogen-bond acceptors (Lipinski definition) is 3. The third kappa shape index (κ3) is 3.12. The molecule has 1 aliphatic rings. The van der Waals surface area contributed by atoms with E-state index in [0.29, 0.717) is 31.7 Å². The van der Waals surface area contributed by atoms with Crippen LogP contribution in [0.3, 0.4) is 0 Å². The van der Waals surface area contributed by atoms with Crippen LogP contribution in [0.15, 0.2) is 18.2 Å². The van der Waals surface area contributed by atoms with Crippen molar-refractivity contribution in [1.29, 1.82) is 0 Å². The van der Waals surface area contributed by atoms with Crippen LogP contribution in [0.5, 0.6) is 0 Å². The van der Waals surface area contributed by atoms with Gasteiger partial charge in [-0.3, -0.25) is 9.59 Å². The monoisotopic (exact) mass is 262 g/mol. The number of hydrogen-bond donors (Lipinski definition) is 1. The van der Waals surface area contributed by atoms with Gasteiger partial charge in [0.05, 0.1) is 13.0 Å². The van der Waals surface area contributed by atoms with E-state index in [9.17, 15) is 9.59 Å². The van der Waals surface area contributed by atoms with Crippen molar-refractivity contribution in [2.75, 3.05) is 32.1 Å². The van der Waals surface area contributed by atoms with Gasteiger partial charge in [0.25, 0.3) is 5.91 Å². The van der Waals surface area contributed by atoms with Gasteiger partial charge >= 0.3 is 0 Å². The molecule has 5 heteroatoms. The van der Waals surface area contributed by atoms with Crippen molar-refractivity contribution in [3.63, 3.8) is 0 Å². The van der Waals surface area contributed by atoms with Crippen molar-refractivity contribution in [2.45, 2.75) is 13.3 Å². The molecule has 0 fully saturated rings. The summed E-state index contributed by atoms with van der Waals surface area (Å²) >= 11 is 0. The fourth-order valence-electron chi connectivity index (χ4n) is 2.02. The lowest BCUT2D eigenvalue weighted by molar-refractivity contribution is -0.115. The Bertz CT molecular complexity index is 499. The number of ether oxygens (including phenoxy) is 1. The number of carbonyl (C=O) groups excluding carboxylic acids is 2. The van der Waals surface area contributed by atoms with Gasteiger partial charge in [-0.25, -0.2) is 0 Å². The third-order valence-electron chi connectivity index (χ3n) is 3.10. The fraction of sp³-hybridized carbons (Fsp3) is 0.429. The molecule has 1 aromatic rings. The minimum atomic E-state index is -0.0661. The number of anilines is 1. The SMILES string of the molecule is CCOCCN(C)C(=O)c1ccc2c(c1)NC(=O)C2. The van der Waals surface area contributed by atoms with Crippen LogP contribution >= 0.6 is 0 Å². The van der Waals surface area contributed by atoms with Gasteiger partial charge < -0.3 is 15.0 Å². The first-order chi connectivity index (χ1) is 9.11. The van der Waals surface area contributed by atoms with Crippen LogP contribution in [0.1, 0.15) is 22.8 Å². The largest absolute Gasteiger partial charge is 0.380 e. The molecule has 1 aromatic carbocycles. The number of amides is 2. The summed E-state index contributed by atoms with van der Waals surface area (Å²) in [6.45, 7) is 3.65. The van der Waals surface area contributed by atoms with Crippen LogP contribution < -0.4 is 5.32 Å². The van der Waals surface area contributed by atoms with E-state index in [0.717, 1.165) is 11.3 Å². The standard InChI is InChI=1S/C14H18N2O3/c1-3-19-7-6-16(2)14(18)11-5-4-10-9-13(17)15-12(10)8-11/h4-5,8H,3,6-7,9H2,1-2H3,(H,15,17). The summed E-state index contributed by atoms with van der Waals surface area (Å²) in [7, 11) is 1.74. The maximum Gasteiger partial charge on any atom is 0.253 e. The van der Waals surface area contributed by atoms with Crippen molar-refractivity contribution in [3.8, 4) is 0 Å². The molecule has 0 unspecified atom stereocenters. The molecule has 0 aliphatic carbocycles. The van der Waals surface area contributed by atoms with Crippen molar-refractivity contribution in [2.24, 2.45) is 0 Å². The highest BCUT2D eigenvalue weighted by molar-refractivity contribution is 6.02. The summed E-state index contributed by atoms with van der Waals surface area (Å²) in [6, 6.07) is 5.33. The van der Waals surface area contributed by atoms with Crippen molar-refractivity contribution >= 4 is 17.5 Å². The molecule has 2 rings (SSSR count). The van der Waals surface area contributed by atoms with Crippen molar-refractivity contribution < 1.29 is 14.3 Å². The quantitative estimate of drug-likeness (QED) is 0.813. The molecular weight excluding hydrogens is 244 g/mol. The number of rotatable bonds is 5. The Morgan fingerprint density at radius 3 is 3.00 bits per heavy atom. The van der Waals surface area contributed by atoms with E-state index in [1.165, 1.54) is 0 Å². The molecular formula is C14H18N2O3. The summed E-state index contributed by atoms with van der Waals surface area (Å²) in [6.07, 6.45) is 0.393. The highest BCUT2D eigenvalue weighted by atomic mass is 16.5. The van der Waals surface area contributed by atoms with Gasteiger partial charge in [0.2, 0.25) is 5.91 Å². The molecule has 2 amide bonds. The Balaban J connectivity index is 2.04. The molecule has 19 heavy (non-hydrogen) atoms. The van der Waals surface area contributed by atoms with E-state index in [4.69, 9.17) is 4.74 Å². The van der Waals surface area contributed by atoms with Crippen molar-refractivity contribution in [1.82, 2.24) is 4.90 Å².